The van der Waals surface area contributed by atoms with Crippen molar-refractivity contribution in [2.75, 3.05) is 26.1 Å². The smallest absolute Gasteiger partial charge is 0.173 e. The van der Waals surface area contributed by atoms with Gasteiger partial charge in [0, 0.05) is 31.4 Å². The molecule has 0 saturated carbocycles. The minimum Gasteiger partial charge on any atom is -0.365 e. The summed E-state index contributed by atoms with van der Waals surface area (Å²) in [6, 6.07) is 17.8. The van der Waals surface area contributed by atoms with Crippen molar-refractivity contribution in [3.05, 3.63) is 66.5 Å². The van der Waals surface area contributed by atoms with Gasteiger partial charge in [-0.05, 0) is 12.1 Å². The van der Waals surface area contributed by atoms with Crippen LogP contribution in [0.2, 0.25) is 0 Å². The van der Waals surface area contributed by atoms with Crippen LogP contribution in [0.4, 0.5) is 10.2 Å². The van der Waals surface area contributed by atoms with Crippen LogP contribution in [0.5, 0.6) is 0 Å². The Labute approximate surface area is 151 Å². The van der Waals surface area contributed by atoms with Crippen LogP contribution in [-0.4, -0.2) is 37.0 Å². The minimum atomic E-state index is -0.415. The molecule has 26 heavy (non-hydrogen) atoms. The first-order valence-corrected chi connectivity index (χ1v) is 8.20. The van der Waals surface area contributed by atoms with Crippen molar-refractivity contribution in [2.45, 2.75) is 6.29 Å². The average molecular weight is 353 g/mol. The number of hydrogen-bond donors (Lipinski definition) is 1. The molecule has 0 amide bonds. The number of methoxy groups -OCH3 is 2. The minimum absolute atomic E-state index is 0.331. The van der Waals surface area contributed by atoms with Gasteiger partial charge in [0.2, 0.25) is 0 Å². The van der Waals surface area contributed by atoms with E-state index in [0.29, 0.717) is 29.4 Å². The number of anilines is 1. The molecule has 0 spiro atoms. The monoisotopic (exact) mass is 353 g/mol. The maximum absolute atomic E-state index is 14.2. The molecule has 0 bridgehead atoms. The Kier molecular flexibility index (Phi) is 5.88. The highest BCUT2D eigenvalue weighted by Gasteiger charge is 2.13. The van der Waals surface area contributed by atoms with E-state index in [2.05, 4.69) is 15.3 Å². The van der Waals surface area contributed by atoms with E-state index < -0.39 is 6.29 Å². The lowest BCUT2D eigenvalue weighted by atomic mass is 10.1. The van der Waals surface area contributed by atoms with Crippen LogP contribution >= 0.6 is 0 Å². The van der Waals surface area contributed by atoms with Crippen molar-refractivity contribution >= 4 is 5.82 Å². The Hall–Kier alpha value is -2.83. The van der Waals surface area contributed by atoms with Crippen molar-refractivity contribution in [1.29, 1.82) is 0 Å². The summed E-state index contributed by atoms with van der Waals surface area (Å²) in [5.74, 6) is 0.749. The molecule has 0 saturated heterocycles. The first-order valence-electron chi connectivity index (χ1n) is 8.20. The van der Waals surface area contributed by atoms with Crippen molar-refractivity contribution in [2.24, 2.45) is 0 Å². The van der Waals surface area contributed by atoms with Crippen molar-refractivity contribution in [3.63, 3.8) is 0 Å². The Morgan fingerprint density at radius 2 is 1.65 bits per heavy atom. The highest BCUT2D eigenvalue weighted by atomic mass is 19.1. The number of aromatic nitrogens is 2. The zero-order valence-electron chi connectivity index (χ0n) is 14.6. The van der Waals surface area contributed by atoms with E-state index in [9.17, 15) is 4.39 Å². The molecule has 0 aliphatic rings. The molecular weight excluding hydrogens is 333 g/mol. The fraction of sp³-hybridized carbons (Fsp3) is 0.200. The Morgan fingerprint density at radius 3 is 2.35 bits per heavy atom. The summed E-state index contributed by atoms with van der Waals surface area (Å²) in [7, 11) is 3.13. The fourth-order valence-electron chi connectivity index (χ4n) is 2.51. The van der Waals surface area contributed by atoms with Crippen molar-refractivity contribution in [1.82, 2.24) is 9.97 Å². The number of ether oxygens (including phenoxy) is 2. The van der Waals surface area contributed by atoms with E-state index in [0.717, 1.165) is 5.56 Å². The molecule has 134 valence electrons. The summed E-state index contributed by atoms with van der Waals surface area (Å²) < 4.78 is 24.6. The van der Waals surface area contributed by atoms with Gasteiger partial charge < -0.3 is 14.8 Å². The largest absolute Gasteiger partial charge is 0.365 e. The van der Waals surface area contributed by atoms with E-state index in [1.54, 1.807) is 38.5 Å². The highest BCUT2D eigenvalue weighted by molar-refractivity contribution is 5.67. The van der Waals surface area contributed by atoms with E-state index in [4.69, 9.17) is 9.47 Å². The van der Waals surface area contributed by atoms with Gasteiger partial charge in [0.1, 0.15) is 11.6 Å². The molecule has 5 nitrogen and oxygen atoms in total. The second-order valence-electron chi connectivity index (χ2n) is 5.59. The Balaban J connectivity index is 2.01. The third-order valence-corrected chi connectivity index (χ3v) is 3.88. The lowest BCUT2D eigenvalue weighted by molar-refractivity contribution is -0.0914. The second-order valence-corrected chi connectivity index (χ2v) is 5.59. The molecular formula is C20H20FN3O2. The summed E-state index contributed by atoms with van der Waals surface area (Å²) in [5.41, 5.74) is 1.78. The third-order valence-electron chi connectivity index (χ3n) is 3.88. The van der Waals surface area contributed by atoms with Gasteiger partial charge in [-0.25, -0.2) is 14.4 Å². The zero-order chi connectivity index (χ0) is 18.4. The van der Waals surface area contributed by atoms with Gasteiger partial charge in [0.15, 0.2) is 12.1 Å². The molecule has 0 aliphatic heterocycles. The van der Waals surface area contributed by atoms with E-state index in [1.165, 1.54) is 6.07 Å². The van der Waals surface area contributed by atoms with E-state index in [1.807, 2.05) is 30.3 Å². The van der Waals surface area contributed by atoms with Crippen LogP contribution in [0.1, 0.15) is 0 Å². The summed E-state index contributed by atoms with van der Waals surface area (Å²) in [6.45, 7) is 0.398. The molecule has 6 heteroatoms. The predicted molar refractivity (Wildman–Crippen MR) is 99.2 cm³/mol. The molecule has 0 atom stereocenters. The Morgan fingerprint density at radius 1 is 0.962 bits per heavy atom. The molecule has 3 aromatic rings. The third kappa shape index (κ3) is 4.22. The molecule has 0 radical (unpaired) electrons. The molecule has 0 fully saturated rings. The highest BCUT2D eigenvalue weighted by Crippen LogP contribution is 2.26. The molecule has 0 unspecified atom stereocenters. The average Bonchev–Trinajstić information content (AvgIpc) is 2.69. The number of rotatable bonds is 7. The summed E-state index contributed by atoms with van der Waals surface area (Å²) >= 11 is 0. The summed E-state index contributed by atoms with van der Waals surface area (Å²) in [6.07, 6.45) is -0.415. The van der Waals surface area contributed by atoms with Crippen LogP contribution in [-0.2, 0) is 9.47 Å². The molecule has 1 aromatic heterocycles. The van der Waals surface area contributed by atoms with Gasteiger partial charge in [-0.1, -0.05) is 42.5 Å². The van der Waals surface area contributed by atoms with Gasteiger partial charge in [-0.15, -0.1) is 0 Å². The second kappa shape index (κ2) is 8.51. The number of halogens is 1. The first-order chi connectivity index (χ1) is 12.7. The predicted octanol–water partition coefficient (Wildman–Crippen LogP) is 3.98. The van der Waals surface area contributed by atoms with Gasteiger partial charge in [0.25, 0.3) is 0 Å². The first kappa shape index (κ1) is 18.0. The molecule has 2 aromatic carbocycles. The van der Waals surface area contributed by atoms with Crippen LogP contribution < -0.4 is 5.32 Å². The van der Waals surface area contributed by atoms with Gasteiger partial charge in [0.05, 0.1) is 12.2 Å². The number of benzene rings is 2. The van der Waals surface area contributed by atoms with Crippen LogP contribution in [0, 0.1) is 5.82 Å². The van der Waals surface area contributed by atoms with Crippen LogP contribution in [0.25, 0.3) is 22.6 Å². The van der Waals surface area contributed by atoms with Gasteiger partial charge >= 0.3 is 0 Å². The van der Waals surface area contributed by atoms with Gasteiger partial charge in [-0.2, -0.15) is 0 Å². The molecule has 0 aliphatic carbocycles. The summed E-state index contributed by atoms with van der Waals surface area (Å²) in [4.78, 5) is 9.09. The quantitative estimate of drug-likeness (QED) is 0.651. The lowest BCUT2D eigenvalue weighted by Crippen LogP contribution is -2.24. The fourth-order valence-corrected chi connectivity index (χ4v) is 2.51. The maximum Gasteiger partial charge on any atom is 0.173 e. The number of hydrogen-bond acceptors (Lipinski definition) is 5. The molecule has 3 rings (SSSR count). The maximum atomic E-state index is 14.2. The SMILES string of the molecule is COC(CNc1cc(-c2ccccc2F)nc(-c2ccccc2)n1)OC. The lowest BCUT2D eigenvalue weighted by Gasteiger charge is -2.15. The normalized spacial score (nSPS) is 10.9. The molecule has 1 N–H and O–H groups in total. The number of nitrogens with zero attached hydrogens (tertiary/aromatic N) is 2. The Bertz CT molecular complexity index is 855. The topological polar surface area (TPSA) is 56.3 Å². The van der Waals surface area contributed by atoms with Gasteiger partial charge in [-0.3, -0.25) is 0 Å². The zero-order valence-corrected chi connectivity index (χ0v) is 14.6. The standard InChI is InChI=1S/C20H20FN3O2/c1-25-19(26-2)13-22-18-12-17(15-10-6-7-11-16(15)21)23-20(24-18)14-8-4-3-5-9-14/h3-12,19H,13H2,1-2H3,(H,22,23,24). The van der Waals surface area contributed by atoms with Crippen LogP contribution in [0.15, 0.2) is 60.7 Å². The van der Waals surface area contributed by atoms with Crippen molar-refractivity contribution < 1.29 is 13.9 Å². The molecule has 1 heterocycles. The van der Waals surface area contributed by atoms with Crippen LogP contribution in [0.3, 0.4) is 0 Å². The summed E-state index contributed by atoms with van der Waals surface area (Å²) in [5, 5.41) is 3.16. The number of nitrogens with one attached hydrogen (secondary N) is 1. The van der Waals surface area contributed by atoms with E-state index in [-0.39, 0.29) is 5.82 Å². The van der Waals surface area contributed by atoms with E-state index >= 15 is 0 Å². The van der Waals surface area contributed by atoms with Crippen molar-refractivity contribution in [3.8, 4) is 22.6 Å².